The molecule has 0 saturated carbocycles. The lowest BCUT2D eigenvalue weighted by atomic mass is 10.1. The fourth-order valence-corrected chi connectivity index (χ4v) is 5.26. The first-order chi connectivity index (χ1) is 18.3. The number of carbonyl (C=O) groups is 3. The summed E-state index contributed by atoms with van der Waals surface area (Å²) in [5, 5.41) is 2.94. The van der Waals surface area contributed by atoms with Gasteiger partial charge in [0.05, 0.1) is 10.4 Å². The molecule has 1 fully saturated rings. The van der Waals surface area contributed by atoms with Gasteiger partial charge >= 0.3 is 0 Å². The third kappa shape index (κ3) is 5.24. The minimum atomic E-state index is -0.566. The van der Waals surface area contributed by atoms with Crippen LogP contribution in [0.15, 0.2) is 77.8 Å². The van der Waals surface area contributed by atoms with E-state index in [9.17, 15) is 23.2 Å². The Hall–Kier alpha value is -4.24. The summed E-state index contributed by atoms with van der Waals surface area (Å²) in [5.41, 5.74) is 4.17. The van der Waals surface area contributed by atoms with Gasteiger partial charge in [-0.1, -0.05) is 37.3 Å². The lowest BCUT2D eigenvalue weighted by molar-refractivity contribution is -0.127. The summed E-state index contributed by atoms with van der Waals surface area (Å²) in [6.45, 7) is 2.12. The first-order valence-electron chi connectivity index (χ1n) is 12.0. The van der Waals surface area contributed by atoms with Crippen molar-refractivity contribution in [3.63, 3.8) is 0 Å². The fraction of sp³-hybridized carbons (Fsp3) is 0.138. The van der Waals surface area contributed by atoms with Crippen LogP contribution in [0.25, 0.3) is 17.0 Å². The largest absolute Gasteiger partial charge is 0.342 e. The molecule has 1 aliphatic heterocycles. The normalized spacial score (nSPS) is 14.6. The highest BCUT2D eigenvalue weighted by Crippen LogP contribution is 2.35. The van der Waals surface area contributed by atoms with Crippen LogP contribution in [-0.2, 0) is 22.6 Å². The summed E-state index contributed by atoms with van der Waals surface area (Å²) in [5.74, 6) is -1.86. The Balaban J connectivity index is 1.41. The van der Waals surface area contributed by atoms with Crippen LogP contribution < -0.4 is 5.32 Å². The van der Waals surface area contributed by atoms with Crippen molar-refractivity contribution in [3.8, 4) is 0 Å². The monoisotopic (exact) mass is 531 g/mol. The molecule has 6 nitrogen and oxygen atoms in total. The predicted molar refractivity (Wildman–Crippen MR) is 145 cm³/mol. The van der Waals surface area contributed by atoms with Crippen molar-refractivity contribution in [2.24, 2.45) is 0 Å². The van der Waals surface area contributed by atoms with Gasteiger partial charge in [0.25, 0.3) is 11.1 Å². The van der Waals surface area contributed by atoms with Crippen molar-refractivity contribution in [2.75, 3.05) is 11.9 Å². The molecule has 1 saturated heterocycles. The molecule has 9 heteroatoms. The van der Waals surface area contributed by atoms with Crippen LogP contribution >= 0.6 is 11.8 Å². The van der Waals surface area contributed by atoms with E-state index >= 15 is 0 Å². The molecule has 1 aliphatic rings. The molecule has 2 heterocycles. The standard InChI is InChI=1S/C29H23F2N3O3S/c1-2-19-4-3-5-24-20(16-33(27(19)24)15-18-6-8-21(30)9-7-18)14-25-28(36)34(29(37)38-25)17-26(35)32-23-12-10-22(31)11-13-23/h3-14,16H,2,15,17H2,1H3,(H,32,35)/b25-14-. The van der Waals surface area contributed by atoms with Crippen molar-refractivity contribution in [3.05, 3.63) is 106 Å². The molecule has 0 aliphatic carbocycles. The van der Waals surface area contributed by atoms with Gasteiger partial charge in [-0.05, 0) is 71.8 Å². The van der Waals surface area contributed by atoms with E-state index in [0.717, 1.165) is 50.7 Å². The van der Waals surface area contributed by atoms with Crippen LogP contribution in [0, 0.1) is 11.6 Å². The second-order valence-corrected chi connectivity index (χ2v) is 9.82. The maximum atomic E-state index is 13.4. The number of aromatic nitrogens is 1. The highest BCUT2D eigenvalue weighted by Gasteiger charge is 2.36. The van der Waals surface area contributed by atoms with Crippen molar-refractivity contribution < 1.29 is 23.2 Å². The Kier molecular flexibility index (Phi) is 7.11. The number of nitrogens with one attached hydrogen (secondary N) is 1. The highest BCUT2D eigenvalue weighted by atomic mass is 32.2. The third-order valence-corrected chi connectivity index (χ3v) is 7.16. The van der Waals surface area contributed by atoms with Crippen LogP contribution in [0.3, 0.4) is 0 Å². The Morgan fingerprint density at radius 2 is 1.66 bits per heavy atom. The van der Waals surface area contributed by atoms with Gasteiger partial charge in [0.1, 0.15) is 18.2 Å². The third-order valence-electron chi connectivity index (χ3n) is 6.25. The minimum absolute atomic E-state index is 0.215. The molecule has 3 aromatic carbocycles. The molecule has 192 valence electrons. The fourth-order valence-electron chi connectivity index (χ4n) is 4.43. The van der Waals surface area contributed by atoms with Crippen LogP contribution in [0.1, 0.15) is 23.6 Å². The summed E-state index contributed by atoms with van der Waals surface area (Å²) in [4.78, 5) is 39.3. The van der Waals surface area contributed by atoms with E-state index in [-0.39, 0.29) is 10.7 Å². The molecular formula is C29H23F2N3O3S. The first-order valence-corrected chi connectivity index (χ1v) is 12.8. The summed E-state index contributed by atoms with van der Waals surface area (Å²) >= 11 is 0.778. The maximum absolute atomic E-state index is 13.4. The van der Waals surface area contributed by atoms with Crippen LogP contribution in [0.2, 0.25) is 0 Å². The number of hydrogen-bond donors (Lipinski definition) is 1. The van der Waals surface area contributed by atoms with Crippen LogP contribution in [0.4, 0.5) is 19.3 Å². The molecule has 38 heavy (non-hydrogen) atoms. The zero-order valence-corrected chi connectivity index (χ0v) is 21.2. The van der Waals surface area contributed by atoms with Gasteiger partial charge in [0, 0.05) is 29.4 Å². The van der Waals surface area contributed by atoms with E-state index in [1.165, 1.54) is 36.4 Å². The number of amides is 3. The smallest absolute Gasteiger partial charge is 0.294 e. The number of rotatable bonds is 7. The maximum Gasteiger partial charge on any atom is 0.294 e. The SMILES string of the molecule is CCc1cccc2c(/C=C3\SC(=O)N(CC(=O)Nc4ccc(F)cc4)C3=O)cn(Cc3ccc(F)cc3)c12. The van der Waals surface area contributed by atoms with Crippen molar-refractivity contribution in [1.82, 2.24) is 9.47 Å². The highest BCUT2D eigenvalue weighted by molar-refractivity contribution is 8.18. The average molecular weight is 532 g/mol. The number of halogens is 2. The van der Waals surface area contributed by atoms with Crippen molar-refractivity contribution in [1.29, 1.82) is 0 Å². The van der Waals surface area contributed by atoms with Crippen LogP contribution in [0.5, 0.6) is 0 Å². The lowest BCUT2D eigenvalue weighted by Crippen LogP contribution is -2.36. The molecule has 0 atom stereocenters. The molecule has 0 spiro atoms. The summed E-state index contributed by atoms with van der Waals surface area (Å²) in [7, 11) is 0. The first kappa shape index (κ1) is 25.4. The quantitative estimate of drug-likeness (QED) is 0.288. The molecule has 3 amide bonds. The number of para-hydroxylation sites is 1. The van der Waals surface area contributed by atoms with E-state index < -0.39 is 29.4 Å². The number of fused-ring (bicyclic) bond motifs is 1. The molecule has 0 radical (unpaired) electrons. The number of benzene rings is 3. The second-order valence-electron chi connectivity index (χ2n) is 8.83. The number of hydrogen-bond acceptors (Lipinski definition) is 4. The summed E-state index contributed by atoms with van der Waals surface area (Å²) in [6, 6.07) is 17.5. The van der Waals surface area contributed by atoms with Gasteiger partial charge < -0.3 is 9.88 Å². The molecular weight excluding hydrogens is 508 g/mol. The Morgan fingerprint density at radius 1 is 0.974 bits per heavy atom. The van der Waals surface area contributed by atoms with E-state index in [4.69, 9.17) is 0 Å². The molecule has 5 rings (SSSR count). The average Bonchev–Trinajstić information content (AvgIpc) is 3.38. The Labute approximate surface area is 221 Å². The number of anilines is 1. The molecule has 0 bridgehead atoms. The molecule has 1 N–H and O–H groups in total. The Morgan fingerprint density at radius 3 is 2.34 bits per heavy atom. The second kappa shape index (κ2) is 10.6. The molecule has 4 aromatic rings. The van der Waals surface area contributed by atoms with Gasteiger partial charge in [-0.3, -0.25) is 19.3 Å². The van der Waals surface area contributed by atoms with Crippen molar-refractivity contribution in [2.45, 2.75) is 19.9 Å². The minimum Gasteiger partial charge on any atom is -0.342 e. The lowest BCUT2D eigenvalue weighted by Gasteiger charge is -2.12. The summed E-state index contributed by atoms with van der Waals surface area (Å²) in [6.07, 6.45) is 4.39. The van der Waals surface area contributed by atoms with Gasteiger partial charge in [0.15, 0.2) is 0 Å². The van der Waals surface area contributed by atoms with Gasteiger partial charge in [0.2, 0.25) is 5.91 Å². The number of thioether (sulfide) groups is 1. The topological polar surface area (TPSA) is 71.4 Å². The number of aryl methyl sites for hydroxylation is 1. The van der Waals surface area contributed by atoms with E-state index in [1.807, 2.05) is 24.4 Å². The predicted octanol–water partition coefficient (Wildman–Crippen LogP) is 6.21. The molecule has 1 aromatic heterocycles. The molecule has 0 unspecified atom stereocenters. The van der Waals surface area contributed by atoms with E-state index in [2.05, 4.69) is 16.8 Å². The zero-order valence-electron chi connectivity index (χ0n) is 20.4. The van der Waals surface area contributed by atoms with Crippen molar-refractivity contribution >= 4 is 51.5 Å². The van der Waals surface area contributed by atoms with E-state index in [1.54, 1.807) is 18.2 Å². The van der Waals surface area contributed by atoms with E-state index in [0.29, 0.717) is 12.2 Å². The number of imide groups is 1. The number of carbonyl (C=O) groups excluding carboxylic acids is 3. The zero-order chi connectivity index (χ0) is 26.8. The van der Waals surface area contributed by atoms with Gasteiger partial charge in [-0.15, -0.1) is 0 Å². The van der Waals surface area contributed by atoms with Gasteiger partial charge in [-0.25, -0.2) is 8.78 Å². The van der Waals surface area contributed by atoms with Crippen LogP contribution in [-0.4, -0.2) is 33.1 Å². The summed E-state index contributed by atoms with van der Waals surface area (Å²) < 4.78 is 28.6. The Bertz CT molecular complexity index is 1580. The number of nitrogens with zero attached hydrogens (tertiary/aromatic N) is 2. The van der Waals surface area contributed by atoms with Gasteiger partial charge in [-0.2, -0.15) is 0 Å².